The van der Waals surface area contributed by atoms with Gasteiger partial charge in [0.05, 0.1) is 5.02 Å². The van der Waals surface area contributed by atoms with Crippen LogP contribution in [0.1, 0.15) is 17.7 Å². The van der Waals surface area contributed by atoms with Crippen molar-refractivity contribution < 1.29 is 4.79 Å². The number of carbonyl (C=O) groups excluding carboxylic acids is 1. The van der Waals surface area contributed by atoms with Gasteiger partial charge in [-0.05, 0) is 30.7 Å². The molecular formula is C20H20Cl2N4OS. The summed E-state index contributed by atoms with van der Waals surface area (Å²) in [6.07, 6.45) is 0. The Kier molecular flexibility index (Phi) is 6.65. The zero-order chi connectivity index (χ0) is 20.3. The third kappa shape index (κ3) is 4.35. The van der Waals surface area contributed by atoms with Crippen LogP contribution in [-0.2, 0) is 11.3 Å². The third-order valence-corrected chi connectivity index (χ3v) is 5.97. The Balaban J connectivity index is 2.01. The zero-order valence-electron chi connectivity index (χ0n) is 15.8. The lowest BCUT2D eigenvalue weighted by Crippen LogP contribution is -2.27. The van der Waals surface area contributed by atoms with Gasteiger partial charge in [0.2, 0.25) is 5.91 Å². The first-order valence-electron chi connectivity index (χ1n) is 8.73. The van der Waals surface area contributed by atoms with E-state index in [2.05, 4.69) is 10.2 Å². The molecule has 0 aliphatic rings. The highest BCUT2D eigenvalue weighted by Gasteiger charge is 2.27. The first-order valence-corrected chi connectivity index (χ1v) is 10.4. The van der Waals surface area contributed by atoms with Crippen LogP contribution >= 0.6 is 35.0 Å². The average Bonchev–Trinajstić information content (AvgIpc) is 3.08. The lowest BCUT2D eigenvalue weighted by Gasteiger charge is -2.20. The van der Waals surface area contributed by atoms with Crippen LogP contribution in [0.4, 0.5) is 0 Å². The normalized spacial score (nSPS) is 12.0. The molecule has 3 rings (SSSR count). The summed E-state index contributed by atoms with van der Waals surface area (Å²) in [5, 5.41) is 10.00. The van der Waals surface area contributed by atoms with Crippen LogP contribution in [0.15, 0.2) is 53.7 Å². The molecule has 0 N–H and O–H groups in total. The number of hydrogen-bond donors (Lipinski definition) is 0. The van der Waals surface area contributed by atoms with Crippen LogP contribution in [0.5, 0.6) is 0 Å². The first kappa shape index (κ1) is 20.7. The van der Waals surface area contributed by atoms with Gasteiger partial charge in [-0.15, -0.1) is 10.2 Å². The van der Waals surface area contributed by atoms with Gasteiger partial charge in [0.15, 0.2) is 11.0 Å². The van der Waals surface area contributed by atoms with Crippen LogP contribution in [0.2, 0.25) is 10.0 Å². The van der Waals surface area contributed by atoms with Gasteiger partial charge in [0, 0.05) is 31.2 Å². The number of hydrogen-bond acceptors (Lipinski definition) is 4. The van der Waals surface area contributed by atoms with Crippen molar-refractivity contribution in [2.45, 2.75) is 23.9 Å². The van der Waals surface area contributed by atoms with Gasteiger partial charge >= 0.3 is 0 Å². The standard InChI is InChI=1S/C20H20Cl2N4OS/c1-4-26-18(15-11-10-14(21)12-16(15)22)23-24-20(26)28-17(19(27)25(2)3)13-8-6-5-7-9-13/h5-12,17H,4H2,1-3H3/t17-/m1/s1. The van der Waals surface area contributed by atoms with E-state index >= 15 is 0 Å². The summed E-state index contributed by atoms with van der Waals surface area (Å²) in [6.45, 7) is 2.65. The molecule has 28 heavy (non-hydrogen) atoms. The quantitative estimate of drug-likeness (QED) is 0.500. The fraction of sp³-hybridized carbons (Fsp3) is 0.250. The maximum atomic E-state index is 12.8. The maximum Gasteiger partial charge on any atom is 0.240 e. The second-order valence-corrected chi connectivity index (χ2v) is 8.23. The molecule has 1 aromatic heterocycles. The van der Waals surface area contributed by atoms with Crippen LogP contribution in [0.25, 0.3) is 11.4 Å². The van der Waals surface area contributed by atoms with E-state index in [0.29, 0.717) is 27.6 Å². The highest BCUT2D eigenvalue weighted by molar-refractivity contribution is 8.00. The smallest absolute Gasteiger partial charge is 0.240 e. The van der Waals surface area contributed by atoms with E-state index in [1.165, 1.54) is 11.8 Å². The van der Waals surface area contributed by atoms with Gasteiger partial charge < -0.3 is 9.47 Å². The summed E-state index contributed by atoms with van der Waals surface area (Å²) in [7, 11) is 3.50. The summed E-state index contributed by atoms with van der Waals surface area (Å²) in [5.41, 5.74) is 1.67. The second-order valence-electron chi connectivity index (χ2n) is 6.32. The monoisotopic (exact) mass is 434 g/mol. The molecule has 0 aliphatic heterocycles. The van der Waals surface area contributed by atoms with E-state index in [1.54, 1.807) is 31.1 Å². The van der Waals surface area contributed by atoms with Crippen molar-refractivity contribution >= 4 is 40.9 Å². The number of likely N-dealkylation sites (N-methyl/N-ethyl adjacent to an activating group) is 1. The van der Waals surface area contributed by atoms with E-state index in [4.69, 9.17) is 23.2 Å². The molecule has 0 spiro atoms. The van der Waals surface area contributed by atoms with Crippen molar-refractivity contribution in [3.05, 3.63) is 64.1 Å². The van der Waals surface area contributed by atoms with E-state index in [9.17, 15) is 4.79 Å². The van der Waals surface area contributed by atoms with E-state index in [1.807, 2.05) is 47.9 Å². The van der Waals surface area contributed by atoms with Gasteiger partial charge in [-0.1, -0.05) is 65.3 Å². The summed E-state index contributed by atoms with van der Waals surface area (Å²) in [5.74, 6) is 0.642. The maximum absolute atomic E-state index is 12.8. The summed E-state index contributed by atoms with van der Waals surface area (Å²) < 4.78 is 1.96. The number of nitrogens with zero attached hydrogens (tertiary/aromatic N) is 4. The van der Waals surface area contributed by atoms with Crippen molar-refractivity contribution in [1.29, 1.82) is 0 Å². The van der Waals surface area contributed by atoms with Gasteiger partial charge in [0.1, 0.15) is 5.25 Å². The highest BCUT2D eigenvalue weighted by atomic mass is 35.5. The van der Waals surface area contributed by atoms with Crippen LogP contribution in [0, 0.1) is 0 Å². The fourth-order valence-electron chi connectivity index (χ4n) is 2.76. The molecule has 0 unspecified atom stereocenters. The average molecular weight is 435 g/mol. The number of amides is 1. The number of rotatable bonds is 6. The Morgan fingerprint density at radius 2 is 1.86 bits per heavy atom. The van der Waals surface area contributed by atoms with E-state index in [0.717, 1.165) is 11.1 Å². The lowest BCUT2D eigenvalue weighted by molar-refractivity contribution is -0.128. The predicted octanol–water partition coefficient (Wildman–Crippen LogP) is 5.19. The molecule has 8 heteroatoms. The molecule has 5 nitrogen and oxygen atoms in total. The minimum Gasteiger partial charge on any atom is -0.348 e. The van der Waals surface area contributed by atoms with Crippen molar-refractivity contribution in [3.63, 3.8) is 0 Å². The van der Waals surface area contributed by atoms with Crippen molar-refractivity contribution in [2.75, 3.05) is 14.1 Å². The summed E-state index contributed by atoms with van der Waals surface area (Å²) >= 11 is 13.8. The summed E-state index contributed by atoms with van der Waals surface area (Å²) in [4.78, 5) is 14.4. The molecule has 0 fully saturated rings. The minimum atomic E-state index is -0.417. The number of aromatic nitrogens is 3. The Morgan fingerprint density at radius 1 is 1.14 bits per heavy atom. The molecule has 0 saturated heterocycles. The molecule has 0 saturated carbocycles. The topological polar surface area (TPSA) is 51.0 Å². The number of halogens is 2. The molecule has 1 atom stereocenters. The number of benzene rings is 2. The van der Waals surface area contributed by atoms with E-state index < -0.39 is 5.25 Å². The van der Waals surface area contributed by atoms with Crippen molar-refractivity contribution in [2.24, 2.45) is 0 Å². The lowest BCUT2D eigenvalue weighted by atomic mass is 10.1. The Morgan fingerprint density at radius 3 is 2.46 bits per heavy atom. The Bertz CT molecular complexity index is 976. The van der Waals surface area contributed by atoms with Crippen LogP contribution in [0.3, 0.4) is 0 Å². The zero-order valence-corrected chi connectivity index (χ0v) is 18.1. The van der Waals surface area contributed by atoms with Gasteiger partial charge in [0.25, 0.3) is 0 Å². The third-order valence-electron chi connectivity index (χ3n) is 4.20. The van der Waals surface area contributed by atoms with E-state index in [-0.39, 0.29) is 5.91 Å². The van der Waals surface area contributed by atoms with Gasteiger partial charge in [-0.25, -0.2) is 0 Å². The predicted molar refractivity (Wildman–Crippen MR) is 115 cm³/mol. The van der Waals surface area contributed by atoms with Crippen molar-refractivity contribution in [3.8, 4) is 11.4 Å². The number of carbonyl (C=O) groups is 1. The van der Waals surface area contributed by atoms with Gasteiger partial charge in [-0.2, -0.15) is 0 Å². The van der Waals surface area contributed by atoms with Crippen LogP contribution in [-0.4, -0.2) is 39.7 Å². The molecule has 146 valence electrons. The Labute approximate surface area is 178 Å². The molecule has 0 radical (unpaired) electrons. The molecule has 2 aromatic carbocycles. The van der Waals surface area contributed by atoms with Crippen LogP contribution < -0.4 is 0 Å². The fourth-order valence-corrected chi connectivity index (χ4v) is 4.50. The molecule has 0 aliphatic carbocycles. The number of thioether (sulfide) groups is 1. The SMILES string of the molecule is CCn1c(S[C@@H](C(=O)N(C)C)c2ccccc2)nnc1-c1ccc(Cl)cc1Cl. The molecule has 1 heterocycles. The molecular weight excluding hydrogens is 415 g/mol. The molecule has 0 bridgehead atoms. The Hall–Kier alpha value is -2.02. The second kappa shape index (κ2) is 8.99. The molecule has 3 aromatic rings. The largest absolute Gasteiger partial charge is 0.348 e. The first-order chi connectivity index (χ1) is 13.4. The minimum absolute atomic E-state index is 0.00655. The van der Waals surface area contributed by atoms with Crippen molar-refractivity contribution in [1.82, 2.24) is 19.7 Å². The molecule has 1 amide bonds. The highest BCUT2D eigenvalue weighted by Crippen LogP contribution is 2.38. The van der Waals surface area contributed by atoms with Gasteiger partial charge in [-0.3, -0.25) is 4.79 Å². The summed E-state index contributed by atoms with van der Waals surface area (Å²) in [6, 6.07) is 15.0.